The Balaban J connectivity index is 1.67. The fraction of sp³-hybridized carbons (Fsp3) is 0.294. The van der Waals surface area contributed by atoms with Gasteiger partial charge in [0.05, 0.1) is 31.6 Å². The third kappa shape index (κ3) is 5.02. The number of hydrogen-bond acceptors (Lipinski definition) is 5. The van der Waals surface area contributed by atoms with E-state index >= 15 is 0 Å². The normalized spacial score (nSPS) is 17.0. The summed E-state index contributed by atoms with van der Waals surface area (Å²) >= 11 is 0. The van der Waals surface area contributed by atoms with Crippen LogP contribution in [0.4, 0.5) is 0 Å². The quantitative estimate of drug-likeness (QED) is 0.234. The molecule has 0 amide bonds. The Bertz CT molecular complexity index is 1690. The zero-order chi connectivity index (χ0) is 28.3. The summed E-state index contributed by atoms with van der Waals surface area (Å²) in [7, 11) is 3.34. The maximum Gasteiger partial charge on any atom is 0.146 e. The molecule has 0 aliphatic heterocycles. The van der Waals surface area contributed by atoms with Gasteiger partial charge in [-0.2, -0.15) is 0 Å². The molecule has 2 N–H and O–H groups in total. The average molecular weight is 549 g/mol. The number of nitrogens with one attached hydrogen (secondary N) is 1. The topological polar surface area (TPSA) is 85.3 Å². The lowest BCUT2D eigenvalue weighted by Gasteiger charge is -2.32. The number of fused-ring (bicyclic) bond motifs is 1. The van der Waals surface area contributed by atoms with E-state index in [1.165, 1.54) is 0 Å². The number of ether oxygens (including phenoxy) is 2. The number of aromatic nitrogens is 3. The van der Waals surface area contributed by atoms with E-state index in [-0.39, 0.29) is 18.6 Å². The predicted molar refractivity (Wildman–Crippen MR) is 161 cm³/mol. The Morgan fingerprint density at radius 1 is 0.854 bits per heavy atom. The van der Waals surface area contributed by atoms with Gasteiger partial charge in [-0.25, -0.2) is 4.98 Å². The largest absolute Gasteiger partial charge is 0.497 e. The highest BCUT2D eigenvalue weighted by atomic mass is 16.5. The molecule has 0 bridgehead atoms. The molecule has 7 heteroatoms. The van der Waals surface area contributed by atoms with Crippen molar-refractivity contribution in [1.82, 2.24) is 14.1 Å². The van der Waals surface area contributed by atoms with Crippen LogP contribution >= 0.6 is 0 Å². The van der Waals surface area contributed by atoms with E-state index in [0.29, 0.717) is 12.0 Å². The van der Waals surface area contributed by atoms with Gasteiger partial charge in [0.2, 0.25) is 0 Å². The highest BCUT2D eigenvalue weighted by Crippen LogP contribution is 2.41. The van der Waals surface area contributed by atoms with E-state index in [9.17, 15) is 10.5 Å². The molecule has 1 saturated carbocycles. The summed E-state index contributed by atoms with van der Waals surface area (Å²) in [4.78, 5) is 5.06. The summed E-state index contributed by atoms with van der Waals surface area (Å²) in [5.74, 6) is 1.68. The number of methoxy groups -OCH3 is 2. The van der Waals surface area contributed by atoms with Crippen LogP contribution < -0.4 is 15.0 Å². The van der Waals surface area contributed by atoms with Crippen molar-refractivity contribution < 1.29 is 14.6 Å². The van der Waals surface area contributed by atoms with Gasteiger partial charge < -0.3 is 23.7 Å². The van der Waals surface area contributed by atoms with Gasteiger partial charge in [-0.05, 0) is 65.9 Å². The van der Waals surface area contributed by atoms with Crippen LogP contribution in [-0.2, 0) is 6.54 Å². The van der Waals surface area contributed by atoms with Crippen molar-refractivity contribution in [2.24, 2.45) is 5.92 Å². The van der Waals surface area contributed by atoms with E-state index in [0.717, 1.165) is 76.2 Å². The van der Waals surface area contributed by atoms with Crippen LogP contribution in [0.1, 0.15) is 37.3 Å². The number of aliphatic hydroxyl groups excluding tert-OH is 1. The van der Waals surface area contributed by atoms with Gasteiger partial charge in [0.15, 0.2) is 0 Å². The first-order chi connectivity index (χ1) is 20.1. The van der Waals surface area contributed by atoms with Gasteiger partial charge in [0, 0.05) is 30.7 Å². The predicted octanol–water partition coefficient (Wildman–Crippen LogP) is 6.44. The van der Waals surface area contributed by atoms with Crippen molar-refractivity contribution >= 4 is 11.0 Å². The molecule has 2 atom stereocenters. The fourth-order valence-corrected chi connectivity index (χ4v) is 6.29. The van der Waals surface area contributed by atoms with Gasteiger partial charge in [0.25, 0.3) is 0 Å². The molecule has 1 aliphatic rings. The zero-order valence-electron chi connectivity index (χ0n) is 23.6. The molecule has 5 aromatic rings. The van der Waals surface area contributed by atoms with E-state index in [2.05, 4.69) is 41.0 Å². The SMILES string of the molecule is COc1ccc(-c2c(-c3ccc(OC)cc3)n(Cc3ccccc3)c3ncn([C@@H]4CCCC[C@H]4CO)c(=N)c23)cc1. The minimum atomic E-state index is 0.0452. The van der Waals surface area contributed by atoms with Crippen LogP contribution in [0.3, 0.4) is 0 Å². The van der Waals surface area contributed by atoms with Crippen molar-refractivity contribution in [3.05, 3.63) is 96.2 Å². The number of hydrogen-bond donors (Lipinski definition) is 2. The van der Waals surface area contributed by atoms with Gasteiger partial charge >= 0.3 is 0 Å². The van der Waals surface area contributed by atoms with Crippen LogP contribution in [0.15, 0.2) is 85.2 Å². The summed E-state index contributed by atoms with van der Waals surface area (Å²) in [5, 5.41) is 20.6. The minimum Gasteiger partial charge on any atom is -0.497 e. The minimum absolute atomic E-state index is 0.0452. The van der Waals surface area contributed by atoms with Crippen LogP contribution in [0.25, 0.3) is 33.4 Å². The molecule has 1 fully saturated rings. The molecule has 3 aromatic carbocycles. The number of rotatable bonds is 8. The van der Waals surface area contributed by atoms with E-state index in [4.69, 9.17) is 14.5 Å². The van der Waals surface area contributed by atoms with Gasteiger partial charge in [-0.3, -0.25) is 5.41 Å². The van der Waals surface area contributed by atoms with Gasteiger partial charge in [-0.15, -0.1) is 0 Å². The van der Waals surface area contributed by atoms with Crippen LogP contribution in [0.2, 0.25) is 0 Å². The standard InChI is InChI=1S/C34H36N4O3/c1-40-27-16-12-24(13-17-27)30-31-33(35)38(29-11-7-6-10-26(29)21-39)22-36-34(31)37(20-23-8-4-3-5-9-23)32(30)25-14-18-28(41-2)19-15-25/h3-5,8-9,12-19,22,26,29,35,39H,6-7,10-11,20-21H2,1-2H3/t26-,29+/m0/s1. The molecule has 0 spiro atoms. The molecule has 1 aliphatic carbocycles. The molecule has 0 saturated heterocycles. The van der Waals surface area contributed by atoms with Crippen molar-refractivity contribution in [2.75, 3.05) is 20.8 Å². The monoisotopic (exact) mass is 548 g/mol. The first-order valence-electron chi connectivity index (χ1n) is 14.2. The van der Waals surface area contributed by atoms with Crippen molar-refractivity contribution in [3.8, 4) is 33.9 Å². The molecular formula is C34H36N4O3. The van der Waals surface area contributed by atoms with E-state index in [1.54, 1.807) is 14.2 Å². The molecule has 41 heavy (non-hydrogen) atoms. The molecule has 0 unspecified atom stereocenters. The van der Waals surface area contributed by atoms with Crippen molar-refractivity contribution in [1.29, 1.82) is 5.41 Å². The summed E-state index contributed by atoms with van der Waals surface area (Å²) in [6.45, 7) is 0.723. The fourth-order valence-electron chi connectivity index (χ4n) is 6.29. The second kappa shape index (κ2) is 11.6. The lowest BCUT2D eigenvalue weighted by Crippen LogP contribution is -2.33. The molecule has 210 valence electrons. The lowest BCUT2D eigenvalue weighted by atomic mass is 9.85. The molecule has 7 nitrogen and oxygen atoms in total. The third-order valence-corrected chi connectivity index (χ3v) is 8.42. The Kier molecular flexibility index (Phi) is 7.61. The van der Waals surface area contributed by atoms with Gasteiger partial charge in [-0.1, -0.05) is 55.3 Å². The Morgan fingerprint density at radius 3 is 2.12 bits per heavy atom. The lowest BCUT2D eigenvalue weighted by molar-refractivity contribution is 0.135. The Labute approximate surface area is 240 Å². The van der Waals surface area contributed by atoms with E-state index < -0.39 is 0 Å². The second-order valence-corrected chi connectivity index (χ2v) is 10.7. The second-order valence-electron chi connectivity index (χ2n) is 10.7. The number of aliphatic hydroxyl groups is 1. The molecule has 2 heterocycles. The molecular weight excluding hydrogens is 512 g/mol. The first-order valence-corrected chi connectivity index (χ1v) is 14.2. The number of nitrogens with zero attached hydrogens (tertiary/aromatic N) is 3. The van der Waals surface area contributed by atoms with E-state index in [1.807, 2.05) is 53.4 Å². The molecule has 0 radical (unpaired) electrons. The smallest absolute Gasteiger partial charge is 0.146 e. The maximum absolute atomic E-state index is 10.2. The summed E-state index contributed by atoms with van der Waals surface area (Å²) in [6, 6.07) is 26.5. The van der Waals surface area contributed by atoms with Crippen LogP contribution in [0.5, 0.6) is 11.5 Å². The van der Waals surface area contributed by atoms with Crippen molar-refractivity contribution in [3.63, 3.8) is 0 Å². The van der Waals surface area contributed by atoms with Crippen molar-refractivity contribution in [2.45, 2.75) is 38.3 Å². The number of benzene rings is 3. The maximum atomic E-state index is 10.2. The Hall–Kier alpha value is -4.36. The van der Waals surface area contributed by atoms with Crippen LogP contribution in [0, 0.1) is 11.3 Å². The highest BCUT2D eigenvalue weighted by Gasteiger charge is 2.29. The van der Waals surface area contributed by atoms with Crippen LogP contribution in [-0.4, -0.2) is 40.1 Å². The Morgan fingerprint density at radius 2 is 1.49 bits per heavy atom. The zero-order valence-corrected chi connectivity index (χ0v) is 23.6. The summed E-state index contributed by atoms with van der Waals surface area (Å²) in [5.41, 5.74) is 6.31. The first kappa shape index (κ1) is 26.8. The third-order valence-electron chi connectivity index (χ3n) is 8.42. The van der Waals surface area contributed by atoms with Gasteiger partial charge in [0.1, 0.15) is 22.6 Å². The average Bonchev–Trinajstić information content (AvgIpc) is 3.36. The highest BCUT2D eigenvalue weighted by molar-refractivity contribution is 6.02. The summed E-state index contributed by atoms with van der Waals surface area (Å²) in [6.07, 6.45) is 5.91. The summed E-state index contributed by atoms with van der Waals surface area (Å²) < 4.78 is 15.2. The molecule has 2 aromatic heterocycles. The molecule has 6 rings (SSSR count).